The molecular weight excluding hydrogens is 268 g/mol. The van der Waals surface area contributed by atoms with Gasteiger partial charge in [0.2, 0.25) is 0 Å². The topological polar surface area (TPSA) is 63.8 Å². The molecule has 0 atom stereocenters. The van der Waals surface area contributed by atoms with Crippen LogP contribution in [0.2, 0.25) is 4.34 Å². The molecule has 0 aliphatic carbocycles. The molecular formula is C12H15ClN4S. The maximum Gasteiger partial charge on any atom is 0.134 e. The van der Waals surface area contributed by atoms with Crippen molar-refractivity contribution in [3.63, 3.8) is 0 Å². The fourth-order valence-corrected chi connectivity index (χ4v) is 2.80. The fraction of sp³-hybridized carbons (Fsp3) is 0.333. The van der Waals surface area contributed by atoms with Crippen LogP contribution in [0.5, 0.6) is 0 Å². The maximum absolute atomic E-state index is 5.89. The average molecular weight is 283 g/mol. The molecule has 0 unspecified atom stereocenters. The Balaban J connectivity index is 1.96. The van der Waals surface area contributed by atoms with Crippen molar-refractivity contribution < 1.29 is 0 Å². The minimum absolute atomic E-state index is 0.550. The molecule has 0 saturated carbocycles. The number of nitrogen functional groups attached to an aromatic ring is 1. The summed E-state index contributed by atoms with van der Waals surface area (Å²) in [5, 5.41) is 3.30. The molecule has 6 heteroatoms. The Morgan fingerprint density at radius 3 is 2.89 bits per heavy atom. The van der Waals surface area contributed by atoms with Crippen LogP contribution in [0.3, 0.4) is 0 Å². The van der Waals surface area contributed by atoms with Gasteiger partial charge in [0.15, 0.2) is 0 Å². The van der Waals surface area contributed by atoms with E-state index in [2.05, 4.69) is 15.3 Å². The number of aromatic nitrogens is 2. The zero-order valence-electron chi connectivity index (χ0n) is 10.1. The van der Waals surface area contributed by atoms with Crippen molar-refractivity contribution in [1.82, 2.24) is 9.97 Å². The van der Waals surface area contributed by atoms with Crippen molar-refractivity contribution in [2.24, 2.45) is 0 Å². The standard InChI is InChI=1S/C12H15ClN4S/c1-2-9-11(14)16-7-17-12(9)15-6-5-8-3-4-10(13)18-8/h3-4,7H,2,5-6H2,1H3,(H3,14,15,16,17). The molecule has 18 heavy (non-hydrogen) atoms. The van der Waals surface area contributed by atoms with Gasteiger partial charge in [-0.2, -0.15) is 0 Å². The molecule has 0 saturated heterocycles. The van der Waals surface area contributed by atoms with Gasteiger partial charge in [-0.25, -0.2) is 9.97 Å². The highest BCUT2D eigenvalue weighted by Crippen LogP contribution is 2.22. The molecule has 0 amide bonds. The van der Waals surface area contributed by atoms with E-state index in [0.29, 0.717) is 5.82 Å². The van der Waals surface area contributed by atoms with Crippen LogP contribution in [-0.4, -0.2) is 16.5 Å². The van der Waals surface area contributed by atoms with Gasteiger partial charge in [-0.15, -0.1) is 11.3 Å². The second-order valence-corrected chi connectivity index (χ2v) is 5.62. The summed E-state index contributed by atoms with van der Waals surface area (Å²) < 4.78 is 0.825. The molecule has 0 aromatic carbocycles. The van der Waals surface area contributed by atoms with E-state index in [1.807, 2.05) is 19.1 Å². The van der Waals surface area contributed by atoms with Crippen LogP contribution in [0, 0.1) is 0 Å². The lowest BCUT2D eigenvalue weighted by Gasteiger charge is -2.10. The van der Waals surface area contributed by atoms with E-state index in [9.17, 15) is 0 Å². The zero-order valence-corrected chi connectivity index (χ0v) is 11.7. The Kier molecular flexibility index (Phi) is 4.38. The smallest absolute Gasteiger partial charge is 0.134 e. The van der Waals surface area contributed by atoms with Gasteiger partial charge in [-0.1, -0.05) is 18.5 Å². The molecule has 3 N–H and O–H groups in total. The van der Waals surface area contributed by atoms with Crippen molar-refractivity contribution in [2.75, 3.05) is 17.6 Å². The highest BCUT2D eigenvalue weighted by Gasteiger charge is 2.06. The van der Waals surface area contributed by atoms with Crippen LogP contribution in [0.15, 0.2) is 18.5 Å². The quantitative estimate of drug-likeness (QED) is 0.885. The summed E-state index contributed by atoms with van der Waals surface area (Å²) in [6.45, 7) is 2.85. The summed E-state index contributed by atoms with van der Waals surface area (Å²) >= 11 is 7.49. The maximum atomic E-state index is 5.89. The zero-order chi connectivity index (χ0) is 13.0. The molecule has 2 heterocycles. The molecule has 2 rings (SSSR count). The molecule has 2 aromatic rings. The number of halogens is 1. The summed E-state index contributed by atoms with van der Waals surface area (Å²) in [6, 6.07) is 3.96. The van der Waals surface area contributed by atoms with Crippen LogP contribution < -0.4 is 11.1 Å². The Labute approximate surface area is 115 Å². The number of anilines is 2. The summed E-state index contributed by atoms with van der Waals surface area (Å²) in [6.07, 6.45) is 3.23. The van der Waals surface area contributed by atoms with E-state index in [4.69, 9.17) is 17.3 Å². The van der Waals surface area contributed by atoms with Crippen LogP contribution in [0.1, 0.15) is 17.4 Å². The van der Waals surface area contributed by atoms with Gasteiger partial charge in [0.1, 0.15) is 18.0 Å². The summed E-state index contributed by atoms with van der Waals surface area (Å²) in [4.78, 5) is 9.47. The lowest BCUT2D eigenvalue weighted by molar-refractivity contribution is 0.989. The first-order chi connectivity index (χ1) is 8.70. The van der Waals surface area contributed by atoms with E-state index in [1.165, 1.54) is 11.2 Å². The predicted octanol–water partition coefficient (Wildman–Crippen LogP) is 2.99. The lowest BCUT2D eigenvalue weighted by Crippen LogP contribution is -2.10. The number of hydrogen-bond donors (Lipinski definition) is 2. The highest BCUT2D eigenvalue weighted by molar-refractivity contribution is 7.16. The molecule has 0 spiro atoms. The van der Waals surface area contributed by atoms with Crippen molar-refractivity contribution in [3.8, 4) is 0 Å². The predicted molar refractivity (Wildman–Crippen MR) is 77.3 cm³/mol. The first-order valence-electron chi connectivity index (χ1n) is 5.78. The second-order valence-electron chi connectivity index (χ2n) is 3.82. The number of nitrogens with one attached hydrogen (secondary N) is 1. The van der Waals surface area contributed by atoms with Crippen LogP contribution >= 0.6 is 22.9 Å². The highest BCUT2D eigenvalue weighted by atomic mass is 35.5. The van der Waals surface area contributed by atoms with Gasteiger partial charge >= 0.3 is 0 Å². The number of nitrogens with two attached hydrogens (primary N) is 1. The van der Waals surface area contributed by atoms with Gasteiger partial charge < -0.3 is 11.1 Å². The molecule has 0 aliphatic heterocycles. The Morgan fingerprint density at radius 1 is 1.39 bits per heavy atom. The summed E-state index contributed by atoms with van der Waals surface area (Å²) in [5.74, 6) is 1.38. The van der Waals surface area contributed by atoms with E-state index in [-0.39, 0.29) is 0 Å². The van der Waals surface area contributed by atoms with Gasteiger partial charge in [0.05, 0.1) is 4.34 Å². The molecule has 96 valence electrons. The van der Waals surface area contributed by atoms with Crippen molar-refractivity contribution >= 4 is 34.6 Å². The van der Waals surface area contributed by atoms with E-state index >= 15 is 0 Å². The lowest BCUT2D eigenvalue weighted by atomic mass is 10.2. The van der Waals surface area contributed by atoms with Crippen LogP contribution in [-0.2, 0) is 12.8 Å². The Morgan fingerprint density at radius 2 is 2.22 bits per heavy atom. The van der Waals surface area contributed by atoms with E-state index in [0.717, 1.165) is 35.1 Å². The number of nitrogens with zero attached hydrogens (tertiary/aromatic N) is 2. The molecule has 0 radical (unpaired) electrons. The largest absolute Gasteiger partial charge is 0.383 e. The monoisotopic (exact) mass is 282 g/mol. The summed E-state index contributed by atoms with van der Waals surface area (Å²) in [5.41, 5.74) is 6.79. The number of hydrogen-bond acceptors (Lipinski definition) is 5. The van der Waals surface area contributed by atoms with E-state index < -0.39 is 0 Å². The SMILES string of the molecule is CCc1c(N)ncnc1NCCc1ccc(Cl)s1. The van der Waals surface area contributed by atoms with Gasteiger partial charge in [0, 0.05) is 17.0 Å². The molecule has 2 aromatic heterocycles. The minimum Gasteiger partial charge on any atom is -0.383 e. The van der Waals surface area contributed by atoms with Gasteiger partial charge in [-0.3, -0.25) is 0 Å². The Hall–Kier alpha value is -1.33. The van der Waals surface area contributed by atoms with Crippen LogP contribution in [0.25, 0.3) is 0 Å². The third-order valence-electron chi connectivity index (χ3n) is 2.62. The molecule has 0 bridgehead atoms. The van der Waals surface area contributed by atoms with E-state index in [1.54, 1.807) is 11.3 Å². The Bertz CT molecular complexity index is 527. The first-order valence-corrected chi connectivity index (χ1v) is 6.97. The first kappa shape index (κ1) is 13.1. The number of rotatable bonds is 5. The third kappa shape index (κ3) is 3.11. The van der Waals surface area contributed by atoms with Crippen molar-refractivity contribution in [1.29, 1.82) is 0 Å². The normalized spacial score (nSPS) is 10.6. The molecule has 0 fully saturated rings. The number of thiophene rings is 1. The summed E-state index contributed by atoms with van der Waals surface area (Å²) in [7, 11) is 0. The minimum atomic E-state index is 0.550. The molecule has 0 aliphatic rings. The van der Waals surface area contributed by atoms with Crippen molar-refractivity contribution in [2.45, 2.75) is 19.8 Å². The molecule has 4 nitrogen and oxygen atoms in total. The average Bonchev–Trinajstić information content (AvgIpc) is 2.75. The van der Waals surface area contributed by atoms with Crippen LogP contribution in [0.4, 0.5) is 11.6 Å². The third-order valence-corrected chi connectivity index (χ3v) is 3.92. The van der Waals surface area contributed by atoms with Crippen molar-refractivity contribution in [3.05, 3.63) is 33.2 Å². The fourth-order valence-electron chi connectivity index (χ4n) is 1.72. The van der Waals surface area contributed by atoms with Gasteiger partial charge in [-0.05, 0) is 25.0 Å². The van der Waals surface area contributed by atoms with Gasteiger partial charge in [0.25, 0.3) is 0 Å². The second kappa shape index (κ2) is 6.02.